The zero-order chi connectivity index (χ0) is 21.0. The van der Waals surface area contributed by atoms with Gasteiger partial charge in [0.2, 0.25) is 0 Å². The maximum absolute atomic E-state index is 12.8. The summed E-state index contributed by atoms with van der Waals surface area (Å²) in [5.74, 6) is 0.683. The molecule has 2 N–H and O–H groups in total. The van der Waals surface area contributed by atoms with Crippen LogP contribution in [0.2, 0.25) is 5.02 Å². The number of amides is 3. The van der Waals surface area contributed by atoms with E-state index in [0.29, 0.717) is 35.1 Å². The van der Waals surface area contributed by atoms with Gasteiger partial charge in [0.1, 0.15) is 5.75 Å². The summed E-state index contributed by atoms with van der Waals surface area (Å²) in [5, 5.41) is 6.12. The molecule has 0 fully saturated rings. The summed E-state index contributed by atoms with van der Waals surface area (Å²) in [6, 6.07) is 12.1. The van der Waals surface area contributed by atoms with Crippen molar-refractivity contribution in [1.82, 2.24) is 4.90 Å². The van der Waals surface area contributed by atoms with Crippen molar-refractivity contribution in [3.05, 3.63) is 53.1 Å². The van der Waals surface area contributed by atoms with E-state index in [2.05, 4.69) is 17.6 Å². The molecule has 1 aliphatic rings. The third-order valence-corrected chi connectivity index (χ3v) is 5.30. The van der Waals surface area contributed by atoms with E-state index in [1.54, 1.807) is 36.4 Å². The van der Waals surface area contributed by atoms with E-state index in [4.69, 9.17) is 16.3 Å². The Morgan fingerprint density at radius 2 is 1.93 bits per heavy atom. The number of urea groups is 1. The minimum atomic E-state index is -0.491. The summed E-state index contributed by atoms with van der Waals surface area (Å²) in [5.41, 5.74) is 2.10. The van der Waals surface area contributed by atoms with Crippen molar-refractivity contribution >= 4 is 34.9 Å². The smallest absolute Gasteiger partial charge is 0.323 e. The number of fused-ring (bicyclic) bond motifs is 1. The molecule has 154 valence electrons. The first-order valence-electron chi connectivity index (χ1n) is 9.84. The van der Waals surface area contributed by atoms with Crippen LogP contribution in [0.5, 0.6) is 5.75 Å². The second-order valence-corrected chi connectivity index (χ2v) is 7.59. The van der Waals surface area contributed by atoms with E-state index in [-0.39, 0.29) is 18.0 Å². The summed E-state index contributed by atoms with van der Waals surface area (Å²) >= 11 is 5.95. The minimum absolute atomic E-state index is 0.00579. The van der Waals surface area contributed by atoms with Crippen LogP contribution in [0.1, 0.15) is 39.2 Å². The van der Waals surface area contributed by atoms with E-state index >= 15 is 0 Å². The fraction of sp³-hybridized carbons (Fsp3) is 0.364. The van der Waals surface area contributed by atoms with Crippen LogP contribution in [-0.2, 0) is 11.3 Å². The Labute approximate surface area is 176 Å². The van der Waals surface area contributed by atoms with Gasteiger partial charge in [0, 0.05) is 34.5 Å². The largest absolute Gasteiger partial charge is 0.480 e. The Bertz CT molecular complexity index is 903. The Hall–Kier alpha value is -2.73. The summed E-state index contributed by atoms with van der Waals surface area (Å²) in [7, 11) is 0. The number of hydrogen-bond acceptors (Lipinski definition) is 3. The van der Waals surface area contributed by atoms with Crippen LogP contribution < -0.4 is 15.4 Å². The van der Waals surface area contributed by atoms with Crippen LogP contribution in [-0.4, -0.2) is 29.0 Å². The lowest BCUT2D eigenvalue weighted by Gasteiger charge is -2.28. The molecule has 7 heteroatoms. The van der Waals surface area contributed by atoms with Crippen LogP contribution in [0.3, 0.4) is 0 Å². The van der Waals surface area contributed by atoms with Crippen molar-refractivity contribution in [3.8, 4) is 5.75 Å². The molecule has 1 aliphatic heterocycles. The van der Waals surface area contributed by atoms with Gasteiger partial charge >= 0.3 is 6.03 Å². The number of nitrogens with zero attached hydrogens (tertiary/aromatic N) is 1. The van der Waals surface area contributed by atoms with Crippen LogP contribution in [0, 0.1) is 0 Å². The van der Waals surface area contributed by atoms with E-state index < -0.39 is 6.10 Å². The van der Waals surface area contributed by atoms with Crippen molar-refractivity contribution in [2.75, 3.05) is 10.6 Å². The van der Waals surface area contributed by atoms with E-state index in [0.717, 1.165) is 12.0 Å². The number of anilines is 2. The fourth-order valence-electron chi connectivity index (χ4n) is 3.26. The zero-order valence-corrected chi connectivity index (χ0v) is 17.6. The molecule has 3 amide bonds. The van der Waals surface area contributed by atoms with Crippen molar-refractivity contribution in [2.24, 2.45) is 0 Å². The first-order chi connectivity index (χ1) is 13.9. The van der Waals surface area contributed by atoms with Gasteiger partial charge in [-0.1, -0.05) is 31.5 Å². The van der Waals surface area contributed by atoms with Crippen LogP contribution in [0.4, 0.5) is 16.2 Å². The summed E-state index contributed by atoms with van der Waals surface area (Å²) in [6.07, 6.45) is 0.972. The van der Waals surface area contributed by atoms with Gasteiger partial charge in [0.15, 0.2) is 6.10 Å². The number of benzene rings is 2. The molecule has 2 atom stereocenters. The average Bonchev–Trinajstić information content (AvgIpc) is 2.83. The second-order valence-electron chi connectivity index (χ2n) is 7.15. The molecule has 6 nitrogen and oxygen atoms in total. The fourth-order valence-corrected chi connectivity index (χ4v) is 3.45. The molecule has 29 heavy (non-hydrogen) atoms. The molecule has 0 radical (unpaired) electrons. The van der Waals surface area contributed by atoms with Crippen molar-refractivity contribution in [2.45, 2.75) is 52.3 Å². The third kappa shape index (κ3) is 5.01. The molecule has 0 aromatic heterocycles. The van der Waals surface area contributed by atoms with Gasteiger partial charge in [-0.15, -0.1) is 0 Å². The summed E-state index contributed by atoms with van der Waals surface area (Å²) in [6.45, 7) is 6.49. The SMILES string of the molecule is CC[C@@H]1Oc2ccc(NC(=O)Nc3cccc(Cl)c3)cc2CN([C@H](C)CC)C1=O. The highest BCUT2D eigenvalue weighted by Gasteiger charge is 2.32. The molecule has 2 aromatic rings. The maximum Gasteiger partial charge on any atom is 0.323 e. The lowest BCUT2D eigenvalue weighted by atomic mass is 10.1. The van der Waals surface area contributed by atoms with Crippen LogP contribution in [0.25, 0.3) is 0 Å². The summed E-state index contributed by atoms with van der Waals surface area (Å²) < 4.78 is 5.98. The van der Waals surface area contributed by atoms with Crippen LogP contribution in [0.15, 0.2) is 42.5 Å². The lowest BCUT2D eigenvalue weighted by Crippen LogP contribution is -2.43. The molecule has 0 saturated heterocycles. The zero-order valence-electron chi connectivity index (χ0n) is 16.9. The van der Waals surface area contributed by atoms with Gasteiger partial charge in [-0.25, -0.2) is 4.79 Å². The van der Waals surface area contributed by atoms with Gasteiger partial charge in [-0.3, -0.25) is 4.79 Å². The van der Waals surface area contributed by atoms with Crippen LogP contribution >= 0.6 is 11.6 Å². The Morgan fingerprint density at radius 3 is 2.59 bits per heavy atom. The molecule has 0 bridgehead atoms. The molecule has 1 heterocycles. The Morgan fingerprint density at radius 1 is 1.21 bits per heavy atom. The molecular weight excluding hydrogens is 390 g/mol. The Kier molecular flexibility index (Phi) is 6.64. The topological polar surface area (TPSA) is 70.7 Å². The summed E-state index contributed by atoms with van der Waals surface area (Å²) in [4.78, 5) is 27.0. The molecule has 2 aromatic carbocycles. The average molecular weight is 416 g/mol. The quantitative estimate of drug-likeness (QED) is 0.697. The lowest BCUT2D eigenvalue weighted by molar-refractivity contribution is -0.140. The molecule has 0 aliphatic carbocycles. The van der Waals surface area contributed by atoms with E-state index in [1.165, 1.54) is 0 Å². The second kappa shape index (κ2) is 9.18. The predicted molar refractivity (Wildman–Crippen MR) is 116 cm³/mol. The predicted octanol–water partition coefficient (Wildman–Crippen LogP) is 5.28. The Balaban J connectivity index is 1.79. The van der Waals surface area contributed by atoms with Crippen molar-refractivity contribution < 1.29 is 14.3 Å². The molecule has 0 saturated carbocycles. The number of rotatable bonds is 5. The number of hydrogen-bond donors (Lipinski definition) is 2. The normalized spacial score (nSPS) is 17.0. The maximum atomic E-state index is 12.8. The molecular formula is C22H26ClN3O3. The van der Waals surface area contributed by atoms with Crippen molar-refractivity contribution in [3.63, 3.8) is 0 Å². The number of nitrogens with one attached hydrogen (secondary N) is 2. The molecule has 0 unspecified atom stereocenters. The van der Waals surface area contributed by atoms with E-state index in [9.17, 15) is 9.59 Å². The van der Waals surface area contributed by atoms with Crippen molar-refractivity contribution in [1.29, 1.82) is 0 Å². The van der Waals surface area contributed by atoms with E-state index in [1.807, 2.05) is 24.8 Å². The monoisotopic (exact) mass is 415 g/mol. The number of carbonyl (C=O) groups is 2. The molecule has 3 rings (SSSR count). The van der Waals surface area contributed by atoms with Gasteiger partial charge < -0.3 is 20.3 Å². The minimum Gasteiger partial charge on any atom is -0.480 e. The van der Waals surface area contributed by atoms with Gasteiger partial charge in [-0.2, -0.15) is 0 Å². The number of halogens is 1. The highest BCUT2D eigenvalue weighted by atomic mass is 35.5. The third-order valence-electron chi connectivity index (χ3n) is 5.06. The first-order valence-corrected chi connectivity index (χ1v) is 10.2. The molecule has 0 spiro atoms. The standard InChI is InChI=1S/C22H26ClN3O3/c1-4-14(3)26-13-15-11-18(9-10-20(15)29-19(5-2)21(26)27)25-22(28)24-17-8-6-7-16(23)12-17/h6-12,14,19H,4-5,13H2,1-3H3,(H2,24,25,28)/t14-,19+/m1/s1. The first kappa shape index (κ1) is 21.0. The number of carbonyl (C=O) groups excluding carboxylic acids is 2. The number of ether oxygens (including phenoxy) is 1. The van der Waals surface area contributed by atoms with Gasteiger partial charge in [0.05, 0.1) is 0 Å². The van der Waals surface area contributed by atoms with Gasteiger partial charge in [0.25, 0.3) is 5.91 Å². The van der Waals surface area contributed by atoms with Gasteiger partial charge in [-0.05, 0) is 56.2 Å². The highest BCUT2D eigenvalue weighted by molar-refractivity contribution is 6.30. The highest BCUT2D eigenvalue weighted by Crippen LogP contribution is 2.30.